The van der Waals surface area contributed by atoms with Crippen LogP contribution in [-0.2, 0) is 30.7 Å². The van der Waals surface area contributed by atoms with Crippen molar-refractivity contribution in [1.82, 2.24) is 9.78 Å². The predicted octanol–water partition coefficient (Wildman–Crippen LogP) is 3.55. The van der Waals surface area contributed by atoms with Gasteiger partial charge in [-0.25, -0.2) is 17.2 Å². The van der Waals surface area contributed by atoms with Gasteiger partial charge >= 0.3 is 0 Å². The SMILES string of the molecule is CC1(C)OC[C@@H](Cn2ccc(NC(=O)C(=CC3C[C@@H](F)[C@@H](F)C3)c3ccc(S(C)(=O)=O)cc3)n2)O1. The number of anilines is 1. The second-order valence-corrected chi connectivity index (χ2v) is 11.5. The fourth-order valence-corrected chi connectivity index (χ4v) is 4.93. The first-order valence-corrected chi connectivity index (χ1v) is 13.3. The number of ether oxygens (including phenoxy) is 2. The van der Waals surface area contributed by atoms with E-state index in [-0.39, 0.29) is 29.4 Å². The van der Waals surface area contributed by atoms with E-state index in [1.54, 1.807) is 23.0 Å². The van der Waals surface area contributed by atoms with Gasteiger partial charge in [0.25, 0.3) is 5.91 Å². The number of alkyl halides is 2. The molecule has 8 nitrogen and oxygen atoms in total. The Morgan fingerprint density at radius 2 is 1.86 bits per heavy atom. The molecule has 1 aliphatic carbocycles. The maximum absolute atomic E-state index is 13.8. The van der Waals surface area contributed by atoms with Crippen molar-refractivity contribution < 1.29 is 31.5 Å². The third kappa shape index (κ3) is 6.33. The normalized spacial score (nSPS) is 26.7. The van der Waals surface area contributed by atoms with E-state index < -0.39 is 39.8 Å². The molecule has 0 spiro atoms. The fourth-order valence-electron chi connectivity index (χ4n) is 4.30. The van der Waals surface area contributed by atoms with E-state index in [0.717, 1.165) is 6.26 Å². The van der Waals surface area contributed by atoms with Gasteiger partial charge in [0.1, 0.15) is 18.4 Å². The molecule has 190 valence electrons. The molecular formula is C24H29F2N3O5S. The second kappa shape index (κ2) is 9.79. The van der Waals surface area contributed by atoms with Crippen molar-refractivity contribution in [3.05, 3.63) is 48.2 Å². The van der Waals surface area contributed by atoms with Crippen LogP contribution in [0.25, 0.3) is 5.57 Å². The Balaban J connectivity index is 1.52. The minimum Gasteiger partial charge on any atom is -0.348 e. The topological polar surface area (TPSA) is 99.5 Å². The first-order valence-electron chi connectivity index (χ1n) is 11.4. The van der Waals surface area contributed by atoms with E-state index in [2.05, 4.69) is 10.4 Å². The van der Waals surface area contributed by atoms with Crippen molar-refractivity contribution in [2.45, 2.75) is 62.4 Å². The molecule has 1 N–H and O–H groups in total. The first-order chi connectivity index (χ1) is 16.4. The standard InChI is InChI=1S/C24H29F2N3O5S/c1-24(2)33-14-17(34-24)13-29-9-8-22(28-29)27-23(30)19(10-15-11-20(25)21(26)12-15)16-4-6-18(7-5-16)35(3,31)32/h4-10,15,17,20-21H,11-14H2,1-3H3,(H,27,28,30)/t15?,17-,20-,21+/m1/s1. The molecule has 1 aliphatic heterocycles. The van der Waals surface area contributed by atoms with Gasteiger partial charge in [0.15, 0.2) is 21.4 Å². The molecule has 2 aliphatic rings. The number of allylic oxidation sites excluding steroid dienone is 1. The molecule has 2 fully saturated rings. The van der Waals surface area contributed by atoms with Gasteiger partial charge in [0, 0.05) is 24.1 Å². The van der Waals surface area contributed by atoms with E-state index >= 15 is 0 Å². The van der Waals surface area contributed by atoms with E-state index in [1.807, 2.05) is 13.8 Å². The van der Waals surface area contributed by atoms with Gasteiger partial charge in [0.2, 0.25) is 0 Å². The molecule has 1 saturated heterocycles. The molecule has 1 aromatic carbocycles. The van der Waals surface area contributed by atoms with Crippen LogP contribution >= 0.6 is 0 Å². The number of carbonyl (C=O) groups excluding carboxylic acids is 1. The van der Waals surface area contributed by atoms with Crippen LogP contribution in [-0.4, -0.2) is 61.2 Å². The second-order valence-electron chi connectivity index (χ2n) is 9.47. The van der Waals surface area contributed by atoms with Crippen LogP contribution in [0.2, 0.25) is 0 Å². The van der Waals surface area contributed by atoms with Crippen molar-refractivity contribution in [2.75, 3.05) is 18.2 Å². The van der Waals surface area contributed by atoms with Gasteiger partial charge in [-0.3, -0.25) is 9.48 Å². The molecule has 4 rings (SSSR count). The highest BCUT2D eigenvalue weighted by atomic mass is 32.2. The van der Waals surface area contributed by atoms with E-state index in [0.29, 0.717) is 24.5 Å². The lowest BCUT2D eigenvalue weighted by atomic mass is 9.98. The molecule has 4 atom stereocenters. The number of nitrogens with zero attached hydrogens (tertiary/aromatic N) is 2. The Labute approximate surface area is 203 Å². The van der Waals surface area contributed by atoms with E-state index in [9.17, 15) is 22.0 Å². The zero-order chi connectivity index (χ0) is 25.4. The molecule has 2 heterocycles. The van der Waals surface area contributed by atoms with Crippen LogP contribution in [0.5, 0.6) is 0 Å². The Hall–Kier alpha value is -2.63. The third-order valence-electron chi connectivity index (χ3n) is 6.03. The number of hydrogen-bond acceptors (Lipinski definition) is 6. The summed E-state index contributed by atoms with van der Waals surface area (Å²) in [6, 6.07) is 7.45. The summed E-state index contributed by atoms with van der Waals surface area (Å²) in [7, 11) is -3.42. The summed E-state index contributed by atoms with van der Waals surface area (Å²) in [4.78, 5) is 13.3. The molecule has 2 aromatic rings. The van der Waals surface area contributed by atoms with Crippen LogP contribution in [0.1, 0.15) is 32.3 Å². The van der Waals surface area contributed by atoms with Crippen molar-refractivity contribution in [1.29, 1.82) is 0 Å². The predicted molar refractivity (Wildman–Crippen MR) is 126 cm³/mol. The van der Waals surface area contributed by atoms with Gasteiger partial charge in [-0.15, -0.1) is 0 Å². The molecule has 11 heteroatoms. The molecule has 0 bridgehead atoms. The smallest absolute Gasteiger partial charge is 0.257 e. The molecule has 1 saturated carbocycles. The van der Waals surface area contributed by atoms with Crippen LogP contribution < -0.4 is 5.32 Å². The van der Waals surface area contributed by atoms with Crippen molar-refractivity contribution in [2.24, 2.45) is 5.92 Å². The fraction of sp³-hybridized carbons (Fsp3) is 0.500. The van der Waals surface area contributed by atoms with Crippen LogP contribution in [0.15, 0.2) is 47.5 Å². The Bertz CT molecular complexity index is 1200. The van der Waals surface area contributed by atoms with Gasteiger partial charge < -0.3 is 14.8 Å². The van der Waals surface area contributed by atoms with E-state index in [1.165, 1.54) is 24.3 Å². The summed E-state index contributed by atoms with van der Waals surface area (Å²) >= 11 is 0. The maximum atomic E-state index is 13.8. The minimum atomic E-state index is -3.42. The number of hydrogen-bond donors (Lipinski definition) is 1. The van der Waals surface area contributed by atoms with Gasteiger partial charge in [-0.2, -0.15) is 5.10 Å². The average Bonchev–Trinajstić information content (AvgIpc) is 3.44. The number of aromatic nitrogens is 2. The molecule has 1 unspecified atom stereocenters. The zero-order valence-corrected chi connectivity index (χ0v) is 20.6. The summed E-state index contributed by atoms with van der Waals surface area (Å²) in [5.74, 6) is -1.33. The van der Waals surface area contributed by atoms with Gasteiger partial charge in [-0.1, -0.05) is 18.2 Å². The maximum Gasteiger partial charge on any atom is 0.257 e. The first kappa shape index (κ1) is 25.5. The van der Waals surface area contributed by atoms with Gasteiger partial charge in [-0.05, 0) is 50.3 Å². The lowest BCUT2D eigenvalue weighted by Gasteiger charge is -2.16. The summed E-state index contributed by atoms with van der Waals surface area (Å²) < 4.78 is 64.1. The average molecular weight is 510 g/mol. The summed E-state index contributed by atoms with van der Waals surface area (Å²) in [6.45, 7) is 4.53. The highest BCUT2D eigenvalue weighted by molar-refractivity contribution is 7.90. The lowest BCUT2D eigenvalue weighted by molar-refractivity contribution is -0.139. The molecular weight excluding hydrogens is 480 g/mol. The quantitative estimate of drug-likeness (QED) is 0.573. The molecule has 1 aromatic heterocycles. The Morgan fingerprint density at radius 3 is 2.43 bits per heavy atom. The molecule has 35 heavy (non-hydrogen) atoms. The highest BCUT2D eigenvalue weighted by Gasteiger charge is 2.34. The van der Waals surface area contributed by atoms with Crippen molar-refractivity contribution in [3.63, 3.8) is 0 Å². The summed E-state index contributed by atoms with van der Waals surface area (Å²) in [5.41, 5.74) is 0.631. The van der Waals surface area contributed by atoms with Crippen molar-refractivity contribution >= 4 is 27.1 Å². The number of carbonyl (C=O) groups is 1. The zero-order valence-electron chi connectivity index (χ0n) is 19.8. The number of nitrogens with one attached hydrogen (secondary N) is 1. The van der Waals surface area contributed by atoms with Crippen molar-refractivity contribution in [3.8, 4) is 0 Å². The summed E-state index contributed by atoms with van der Waals surface area (Å²) in [6.07, 6.45) is 0.981. The number of rotatable bonds is 7. The monoisotopic (exact) mass is 509 g/mol. The Morgan fingerprint density at radius 1 is 1.20 bits per heavy atom. The summed E-state index contributed by atoms with van der Waals surface area (Å²) in [5, 5.41) is 7.09. The lowest BCUT2D eigenvalue weighted by Crippen LogP contribution is -2.24. The largest absolute Gasteiger partial charge is 0.348 e. The number of sulfone groups is 1. The number of amides is 1. The number of benzene rings is 1. The van der Waals surface area contributed by atoms with Crippen LogP contribution in [0.4, 0.5) is 14.6 Å². The van der Waals surface area contributed by atoms with Crippen LogP contribution in [0.3, 0.4) is 0 Å². The van der Waals surface area contributed by atoms with E-state index in [4.69, 9.17) is 9.47 Å². The third-order valence-corrected chi connectivity index (χ3v) is 7.16. The Kier molecular flexibility index (Phi) is 7.12. The highest BCUT2D eigenvalue weighted by Crippen LogP contribution is 2.34. The minimum absolute atomic E-state index is 0.0200. The number of halogens is 2. The van der Waals surface area contributed by atoms with Crippen LogP contribution in [0, 0.1) is 5.92 Å². The van der Waals surface area contributed by atoms with Gasteiger partial charge in [0.05, 0.1) is 18.0 Å². The molecule has 0 radical (unpaired) electrons. The molecule has 1 amide bonds.